The van der Waals surface area contributed by atoms with Gasteiger partial charge in [0.25, 0.3) is 0 Å². The van der Waals surface area contributed by atoms with Crippen LogP contribution < -0.4 is 9.47 Å². The van der Waals surface area contributed by atoms with Crippen molar-refractivity contribution in [3.63, 3.8) is 0 Å². The van der Waals surface area contributed by atoms with Crippen molar-refractivity contribution in [2.24, 2.45) is 0 Å². The number of unbranched alkanes of at least 4 members (excludes halogenated alkanes) is 1. The van der Waals surface area contributed by atoms with Crippen LogP contribution in [0.5, 0.6) is 11.5 Å². The molecule has 3 unspecified atom stereocenters. The van der Waals surface area contributed by atoms with Gasteiger partial charge in [-0.1, -0.05) is 127 Å². The van der Waals surface area contributed by atoms with Crippen LogP contribution in [0.1, 0.15) is 138 Å². The lowest BCUT2D eigenvalue weighted by molar-refractivity contribution is -0.139. The third-order valence-electron chi connectivity index (χ3n) is 8.35. The van der Waals surface area contributed by atoms with Gasteiger partial charge in [0, 0.05) is 14.9 Å². The highest BCUT2D eigenvalue weighted by Gasteiger charge is 2.43. The van der Waals surface area contributed by atoms with Crippen LogP contribution >= 0.6 is 9.47 Å². The zero-order valence-electron chi connectivity index (χ0n) is 28.5. The lowest BCUT2D eigenvalue weighted by Crippen LogP contribution is -2.51. The summed E-state index contributed by atoms with van der Waals surface area (Å²) in [5, 5.41) is 0. The first-order valence-corrected chi connectivity index (χ1v) is 15.9. The molecule has 0 aromatic heterocycles. The fourth-order valence-electron chi connectivity index (χ4n) is 5.11. The highest BCUT2D eigenvalue weighted by atomic mass is 31.0. The molecule has 0 heterocycles. The average molecular weight is 583 g/mol. The zero-order valence-corrected chi connectivity index (χ0v) is 29.6. The molecule has 0 aliphatic rings. The second-order valence-electron chi connectivity index (χ2n) is 15.3. The summed E-state index contributed by atoms with van der Waals surface area (Å²) in [6.07, 6.45) is 4.99. The standard InChI is InChI=1S/C37H59O3P/c1-15-18-23-37(17-3,39-31-22-19-26(33(4,5)6)24-29(31)35(10,11)12)32(40-41)38-30-21-20-27(36(13,14)16-2)25-28(30)34(7,8)9/h16,19-22,24-25,32H,2,15,17-18,23,41H2,1,3-14H3. The Morgan fingerprint density at radius 1 is 0.756 bits per heavy atom. The predicted octanol–water partition coefficient (Wildman–Crippen LogP) is 11.0. The van der Waals surface area contributed by atoms with Crippen molar-refractivity contribution in [2.75, 3.05) is 0 Å². The summed E-state index contributed by atoms with van der Waals surface area (Å²) < 4.78 is 20.1. The van der Waals surface area contributed by atoms with Gasteiger partial charge in [0.1, 0.15) is 11.5 Å². The second-order valence-corrected chi connectivity index (χ2v) is 15.6. The molecule has 3 atom stereocenters. The fraction of sp³-hybridized carbons (Fsp3) is 0.622. The van der Waals surface area contributed by atoms with Gasteiger partial charge in [-0.2, -0.15) is 0 Å². The Morgan fingerprint density at radius 3 is 1.73 bits per heavy atom. The Labute approximate surface area is 255 Å². The molecule has 0 amide bonds. The molecule has 0 saturated carbocycles. The van der Waals surface area contributed by atoms with E-state index in [1.54, 1.807) is 0 Å². The number of hydrogen-bond acceptors (Lipinski definition) is 3. The smallest absolute Gasteiger partial charge is 0.242 e. The zero-order chi connectivity index (χ0) is 31.4. The normalized spacial score (nSPS) is 15.3. The van der Waals surface area contributed by atoms with Gasteiger partial charge in [0.2, 0.25) is 6.29 Å². The Balaban J connectivity index is 2.69. The van der Waals surface area contributed by atoms with E-state index in [0.29, 0.717) is 0 Å². The van der Waals surface area contributed by atoms with Crippen molar-refractivity contribution in [1.29, 1.82) is 0 Å². The third-order valence-corrected chi connectivity index (χ3v) is 8.60. The number of rotatable bonds is 12. The highest BCUT2D eigenvalue weighted by Crippen LogP contribution is 2.42. The van der Waals surface area contributed by atoms with Crippen LogP contribution in [-0.4, -0.2) is 11.9 Å². The van der Waals surface area contributed by atoms with Crippen LogP contribution in [0.3, 0.4) is 0 Å². The first-order valence-electron chi connectivity index (χ1n) is 15.4. The topological polar surface area (TPSA) is 27.7 Å². The summed E-state index contributed by atoms with van der Waals surface area (Å²) in [6, 6.07) is 13.2. The van der Waals surface area contributed by atoms with Gasteiger partial charge in [-0.15, -0.1) is 6.58 Å². The molecule has 0 fully saturated rings. The minimum absolute atomic E-state index is 0.0487. The minimum Gasteiger partial charge on any atom is -0.480 e. The monoisotopic (exact) mass is 582 g/mol. The lowest BCUT2D eigenvalue weighted by atomic mass is 9.79. The molecular weight excluding hydrogens is 523 g/mol. The molecule has 230 valence electrons. The van der Waals surface area contributed by atoms with E-state index in [2.05, 4.69) is 142 Å². The molecule has 0 saturated heterocycles. The maximum absolute atomic E-state index is 7.15. The summed E-state index contributed by atoms with van der Waals surface area (Å²) in [4.78, 5) is 0. The molecule has 2 aromatic carbocycles. The molecule has 0 aliphatic heterocycles. The van der Waals surface area contributed by atoms with Gasteiger partial charge in [0.05, 0.1) is 0 Å². The van der Waals surface area contributed by atoms with Crippen LogP contribution in [0.15, 0.2) is 49.1 Å². The van der Waals surface area contributed by atoms with Crippen molar-refractivity contribution in [1.82, 2.24) is 0 Å². The summed E-state index contributed by atoms with van der Waals surface area (Å²) >= 11 is 0. The number of allylic oxidation sites excluding steroid dienone is 1. The Hall–Kier alpha value is -1.83. The first-order chi connectivity index (χ1) is 18.8. The van der Waals surface area contributed by atoms with Gasteiger partial charge < -0.3 is 14.0 Å². The number of hydrogen-bond donors (Lipinski definition) is 0. The lowest BCUT2D eigenvalue weighted by Gasteiger charge is -2.41. The van der Waals surface area contributed by atoms with E-state index in [9.17, 15) is 0 Å². The van der Waals surface area contributed by atoms with E-state index >= 15 is 0 Å². The summed E-state index contributed by atoms with van der Waals surface area (Å²) in [6.45, 7) is 33.1. The maximum Gasteiger partial charge on any atom is 0.242 e. The molecular formula is C37H59O3P. The van der Waals surface area contributed by atoms with E-state index < -0.39 is 11.9 Å². The Bertz CT molecular complexity index is 1160. The molecule has 0 N–H and O–H groups in total. The van der Waals surface area contributed by atoms with E-state index in [1.807, 2.05) is 6.08 Å². The molecule has 2 rings (SSSR count). The van der Waals surface area contributed by atoms with Crippen LogP contribution in [0, 0.1) is 0 Å². The quantitative estimate of drug-likeness (QED) is 0.141. The molecule has 0 radical (unpaired) electrons. The van der Waals surface area contributed by atoms with Gasteiger partial charge in [-0.05, 0) is 69.9 Å². The van der Waals surface area contributed by atoms with Gasteiger partial charge >= 0.3 is 0 Å². The van der Waals surface area contributed by atoms with Crippen LogP contribution in [0.25, 0.3) is 0 Å². The molecule has 3 nitrogen and oxygen atoms in total. The third kappa shape index (κ3) is 8.61. The van der Waals surface area contributed by atoms with E-state index in [0.717, 1.165) is 42.7 Å². The second kappa shape index (κ2) is 13.2. The SMILES string of the molecule is C=CC(C)(C)c1ccc(OC(OP)C(CC)(CCCC)Oc2ccc(C(C)(C)C)cc2C(C)(C)C)c(C(C)(C)C)c1. The molecule has 41 heavy (non-hydrogen) atoms. The summed E-state index contributed by atoms with van der Waals surface area (Å²) in [5.74, 6) is 1.73. The molecule has 0 spiro atoms. The van der Waals surface area contributed by atoms with E-state index in [1.165, 1.54) is 16.7 Å². The van der Waals surface area contributed by atoms with Gasteiger partial charge in [-0.3, -0.25) is 0 Å². The van der Waals surface area contributed by atoms with Crippen LogP contribution in [-0.2, 0) is 26.2 Å². The van der Waals surface area contributed by atoms with Crippen LogP contribution in [0.4, 0.5) is 0 Å². The summed E-state index contributed by atoms with van der Waals surface area (Å²) in [5.41, 5.74) is 3.86. The van der Waals surface area contributed by atoms with Crippen molar-refractivity contribution in [3.05, 3.63) is 71.3 Å². The van der Waals surface area contributed by atoms with Crippen molar-refractivity contribution in [2.45, 2.75) is 149 Å². The molecule has 0 bridgehead atoms. The average Bonchev–Trinajstić information content (AvgIpc) is 2.88. The number of ether oxygens (including phenoxy) is 2. The van der Waals surface area contributed by atoms with Crippen molar-refractivity contribution < 1.29 is 14.0 Å². The molecule has 4 heteroatoms. The largest absolute Gasteiger partial charge is 0.480 e. The first kappa shape index (κ1) is 35.4. The van der Waals surface area contributed by atoms with Crippen molar-refractivity contribution in [3.8, 4) is 11.5 Å². The summed E-state index contributed by atoms with van der Waals surface area (Å²) in [7, 11) is 2.46. The van der Waals surface area contributed by atoms with E-state index in [-0.39, 0.29) is 21.7 Å². The predicted molar refractivity (Wildman–Crippen MR) is 181 cm³/mol. The molecule has 2 aromatic rings. The van der Waals surface area contributed by atoms with E-state index in [4.69, 9.17) is 14.0 Å². The van der Waals surface area contributed by atoms with Crippen molar-refractivity contribution >= 4 is 9.47 Å². The van der Waals surface area contributed by atoms with Gasteiger partial charge in [-0.25, -0.2) is 0 Å². The number of benzene rings is 2. The maximum atomic E-state index is 7.15. The minimum atomic E-state index is -0.685. The fourth-order valence-corrected chi connectivity index (χ4v) is 5.41. The molecule has 0 aliphatic carbocycles. The van der Waals surface area contributed by atoms with Gasteiger partial charge in [0.15, 0.2) is 5.60 Å². The Morgan fingerprint density at radius 2 is 1.27 bits per heavy atom. The highest BCUT2D eigenvalue weighted by molar-refractivity contribution is 7.09. The Kier molecular flexibility index (Phi) is 11.4. The van der Waals surface area contributed by atoms with Crippen LogP contribution in [0.2, 0.25) is 0 Å².